The lowest BCUT2D eigenvalue weighted by atomic mass is 9.92. The Balaban J connectivity index is 1.38. The molecule has 1 aliphatic rings. The molecule has 4 N–H and O–H groups in total. The van der Waals surface area contributed by atoms with E-state index in [9.17, 15) is 19.2 Å². The van der Waals surface area contributed by atoms with Crippen molar-refractivity contribution in [2.45, 2.75) is 25.4 Å². The lowest BCUT2D eigenvalue weighted by molar-refractivity contribution is -0.149. The van der Waals surface area contributed by atoms with Crippen LogP contribution in [0.2, 0.25) is 5.02 Å². The predicted molar refractivity (Wildman–Crippen MR) is 155 cm³/mol. The molecule has 2 atom stereocenters. The van der Waals surface area contributed by atoms with Gasteiger partial charge in [0, 0.05) is 28.5 Å². The summed E-state index contributed by atoms with van der Waals surface area (Å²) < 4.78 is 0. The highest BCUT2D eigenvalue weighted by atomic mass is 35.5. The van der Waals surface area contributed by atoms with Crippen LogP contribution in [0.4, 0.5) is 0 Å². The predicted octanol–water partition coefficient (Wildman–Crippen LogP) is 3.02. The summed E-state index contributed by atoms with van der Waals surface area (Å²) in [6.07, 6.45) is 2.13. The summed E-state index contributed by atoms with van der Waals surface area (Å²) >= 11 is 6.28. The van der Waals surface area contributed by atoms with Crippen molar-refractivity contribution in [1.82, 2.24) is 20.2 Å². The number of hydrogen-bond acceptors (Lipinski definition) is 5. The Hall–Kier alpha value is -4.47. The van der Waals surface area contributed by atoms with E-state index in [4.69, 9.17) is 17.4 Å². The number of aromatic amines is 1. The molecule has 1 saturated heterocycles. The lowest BCUT2D eigenvalue weighted by Crippen LogP contribution is -2.60. The van der Waals surface area contributed by atoms with Gasteiger partial charge in [0.25, 0.3) is 0 Å². The molecule has 2 unspecified atom stereocenters. The highest BCUT2D eigenvalue weighted by Gasteiger charge is 2.37. The van der Waals surface area contributed by atoms with Gasteiger partial charge in [-0.1, -0.05) is 78.3 Å². The van der Waals surface area contributed by atoms with Crippen molar-refractivity contribution in [3.05, 3.63) is 107 Å². The number of carbonyl (C=O) groups is 4. The molecule has 1 aromatic heterocycles. The van der Waals surface area contributed by atoms with Gasteiger partial charge in [-0.3, -0.25) is 24.2 Å². The summed E-state index contributed by atoms with van der Waals surface area (Å²) in [6, 6.07) is 23.1. The number of hydrazine groups is 1. The van der Waals surface area contributed by atoms with Gasteiger partial charge < -0.3 is 15.2 Å². The van der Waals surface area contributed by atoms with Gasteiger partial charge in [0.15, 0.2) is 5.78 Å². The van der Waals surface area contributed by atoms with Gasteiger partial charge in [-0.2, -0.15) is 0 Å². The second kappa shape index (κ2) is 12.4. The van der Waals surface area contributed by atoms with Crippen LogP contribution < -0.4 is 11.2 Å². The summed E-state index contributed by atoms with van der Waals surface area (Å²) in [5.41, 5.74) is 3.15. The van der Waals surface area contributed by atoms with Crippen molar-refractivity contribution < 1.29 is 19.2 Å². The van der Waals surface area contributed by atoms with Crippen LogP contribution in [0.1, 0.15) is 16.7 Å². The van der Waals surface area contributed by atoms with E-state index in [0.29, 0.717) is 17.0 Å². The molecule has 3 amide bonds. The number of ketones is 1. The monoisotopic (exact) mass is 571 g/mol. The number of fused-ring (bicyclic) bond motifs is 1. The standard InChI is InChI=1S/C31H30ClN5O4/c32-25-12-6-4-10-21(25)17-37(33)30(40)24(15-22-16-34-26-13-7-5-11-23(22)26)28(38)18-36-19-29(39)35-27(31(36)41)14-20-8-2-1-3-9-20/h1-13,16,24,27,34H,14-15,17-19,33H2,(H,35,39). The zero-order valence-corrected chi connectivity index (χ0v) is 23.0. The van der Waals surface area contributed by atoms with Gasteiger partial charge >= 0.3 is 0 Å². The van der Waals surface area contributed by atoms with E-state index in [1.807, 2.05) is 54.6 Å². The average Bonchev–Trinajstić information content (AvgIpc) is 3.38. The van der Waals surface area contributed by atoms with E-state index < -0.39 is 30.2 Å². The minimum Gasteiger partial charge on any atom is -0.361 e. The number of amides is 3. The third-order valence-electron chi connectivity index (χ3n) is 7.28. The molecular formula is C31H30ClN5O4. The first-order valence-corrected chi connectivity index (χ1v) is 13.7. The van der Waals surface area contributed by atoms with E-state index in [-0.39, 0.29) is 31.3 Å². The summed E-state index contributed by atoms with van der Waals surface area (Å²) in [7, 11) is 0. The highest BCUT2D eigenvalue weighted by molar-refractivity contribution is 6.31. The smallest absolute Gasteiger partial charge is 0.247 e. The first-order valence-electron chi connectivity index (χ1n) is 13.3. The average molecular weight is 572 g/mol. The number of aromatic nitrogens is 1. The SMILES string of the molecule is NN(Cc1ccccc1Cl)C(=O)C(Cc1c[nH]c2ccccc12)C(=O)CN1CC(=O)NC(Cc2ccccc2)C1=O. The largest absolute Gasteiger partial charge is 0.361 e. The number of nitrogens with two attached hydrogens (primary N) is 1. The number of hydrogen-bond donors (Lipinski definition) is 3. The van der Waals surface area contributed by atoms with Crippen molar-refractivity contribution in [2.75, 3.05) is 13.1 Å². The summed E-state index contributed by atoms with van der Waals surface area (Å²) in [4.78, 5) is 57.7. The minimum absolute atomic E-state index is 0.000369. The molecule has 2 heterocycles. The molecule has 1 aliphatic heterocycles. The molecular weight excluding hydrogens is 542 g/mol. The van der Waals surface area contributed by atoms with Crippen molar-refractivity contribution in [1.29, 1.82) is 0 Å². The molecule has 3 aromatic carbocycles. The Morgan fingerprint density at radius 1 is 0.976 bits per heavy atom. The van der Waals surface area contributed by atoms with E-state index in [1.165, 1.54) is 4.90 Å². The van der Waals surface area contributed by atoms with Gasteiger partial charge in [0.1, 0.15) is 18.5 Å². The first-order chi connectivity index (χ1) is 19.8. The van der Waals surface area contributed by atoms with Crippen LogP contribution in [0.3, 0.4) is 0 Å². The number of Topliss-reactive ketones (excluding diaryl/α,β-unsaturated/α-hetero) is 1. The number of benzene rings is 3. The van der Waals surface area contributed by atoms with Crippen LogP contribution >= 0.6 is 11.6 Å². The van der Waals surface area contributed by atoms with Crippen LogP contribution in [0.25, 0.3) is 10.9 Å². The summed E-state index contributed by atoms with van der Waals surface area (Å²) in [5.74, 6) is 3.18. The van der Waals surface area contributed by atoms with Gasteiger partial charge in [-0.05, 0) is 35.2 Å². The number of rotatable bonds is 10. The summed E-state index contributed by atoms with van der Waals surface area (Å²) in [5, 5.41) is 5.04. The second-order valence-corrected chi connectivity index (χ2v) is 10.6. The minimum atomic E-state index is -1.19. The zero-order chi connectivity index (χ0) is 28.9. The van der Waals surface area contributed by atoms with Crippen molar-refractivity contribution in [2.24, 2.45) is 11.8 Å². The quantitative estimate of drug-likeness (QED) is 0.117. The van der Waals surface area contributed by atoms with Crippen LogP contribution in [-0.2, 0) is 38.6 Å². The number of H-pyrrole nitrogens is 1. The third kappa shape index (κ3) is 6.48. The van der Waals surface area contributed by atoms with Gasteiger partial charge in [-0.15, -0.1) is 0 Å². The number of piperazine rings is 1. The third-order valence-corrected chi connectivity index (χ3v) is 7.64. The highest BCUT2D eigenvalue weighted by Crippen LogP contribution is 2.24. The van der Waals surface area contributed by atoms with Gasteiger partial charge in [0.05, 0.1) is 13.1 Å². The number of nitrogens with one attached hydrogen (secondary N) is 2. The maximum atomic E-state index is 13.8. The van der Waals surface area contributed by atoms with E-state index >= 15 is 0 Å². The fraction of sp³-hybridized carbons (Fsp3) is 0.226. The van der Waals surface area contributed by atoms with Crippen LogP contribution in [0.5, 0.6) is 0 Å². The number of para-hydroxylation sites is 1. The second-order valence-electron chi connectivity index (χ2n) is 10.1. The molecule has 0 spiro atoms. The van der Waals surface area contributed by atoms with Crippen LogP contribution in [-0.4, -0.2) is 57.5 Å². The normalized spacial score (nSPS) is 16.0. The maximum absolute atomic E-state index is 13.8. The van der Waals surface area contributed by atoms with Crippen molar-refractivity contribution in [3.8, 4) is 0 Å². The van der Waals surface area contributed by atoms with E-state index in [0.717, 1.165) is 27.0 Å². The fourth-order valence-corrected chi connectivity index (χ4v) is 5.34. The van der Waals surface area contributed by atoms with Gasteiger partial charge in [0.2, 0.25) is 17.7 Å². The van der Waals surface area contributed by atoms with Crippen molar-refractivity contribution >= 4 is 46.0 Å². The fourth-order valence-electron chi connectivity index (χ4n) is 5.14. The van der Waals surface area contributed by atoms with E-state index in [1.54, 1.807) is 30.5 Å². The molecule has 0 saturated carbocycles. The van der Waals surface area contributed by atoms with Crippen LogP contribution in [0, 0.1) is 5.92 Å². The Kier molecular flexibility index (Phi) is 8.47. The number of nitrogens with zero attached hydrogens (tertiary/aromatic N) is 2. The first kappa shape index (κ1) is 28.1. The van der Waals surface area contributed by atoms with Crippen molar-refractivity contribution in [3.63, 3.8) is 0 Å². The molecule has 0 radical (unpaired) electrons. The molecule has 1 fully saturated rings. The van der Waals surface area contributed by atoms with E-state index in [2.05, 4.69) is 10.3 Å². The molecule has 0 bridgehead atoms. The molecule has 210 valence electrons. The Bertz CT molecular complexity index is 1590. The summed E-state index contributed by atoms with van der Waals surface area (Å²) in [6.45, 7) is -0.660. The Labute approximate surface area is 242 Å². The molecule has 0 aliphatic carbocycles. The molecule has 10 heteroatoms. The molecule has 41 heavy (non-hydrogen) atoms. The molecule has 5 rings (SSSR count). The Morgan fingerprint density at radius 2 is 1.68 bits per heavy atom. The lowest BCUT2D eigenvalue weighted by Gasteiger charge is -2.33. The number of halogens is 1. The molecule has 9 nitrogen and oxygen atoms in total. The van der Waals surface area contributed by atoms with Gasteiger partial charge in [-0.25, -0.2) is 5.84 Å². The maximum Gasteiger partial charge on any atom is 0.247 e. The topological polar surface area (TPSA) is 129 Å². The molecule has 4 aromatic rings. The Morgan fingerprint density at radius 3 is 2.46 bits per heavy atom. The van der Waals surface area contributed by atoms with Crippen LogP contribution in [0.15, 0.2) is 85.1 Å². The number of carbonyl (C=O) groups excluding carboxylic acids is 4. The zero-order valence-electron chi connectivity index (χ0n) is 22.3.